The van der Waals surface area contributed by atoms with Crippen molar-refractivity contribution >= 4 is 6.08 Å². The Morgan fingerprint density at radius 1 is 0.810 bits per heavy atom. The van der Waals surface area contributed by atoms with Gasteiger partial charge in [0, 0.05) is 11.8 Å². The maximum atomic E-state index is 2.44. The van der Waals surface area contributed by atoms with E-state index in [0.717, 1.165) is 12.8 Å². The van der Waals surface area contributed by atoms with E-state index in [1.54, 1.807) is 5.57 Å². The van der Waals surface area contributed by atoms with Gasteiger partial charge in [-0.3, -0.25) is 0 Å². The van der Waals surface area contributed by atoms with Crippen molar-refractivity contribution in [3.8, 4) is 0 Å². The molecule has 0 saturated carbocycles. The van der Waals surface area contributed by atoms with Crippen molar-refractivity contribution in [3.05, 3.63) is 89.6 Å². The highest BCUT2D eigenvalue weighted by Crippen LogP contribution is 2.47. The molecule has 0 heterocycles. The zero-order valence-corrected chi connectivity index (χ0v) is 12.2. The lowest BCUT2D eigenvalue weighted by molar-refractivity contribution is 0.533. The molecule has 0 spiro atoms. The first-order chi connectivity index (χ1) is 10.4. The second-order valence-corrected chi connectivity index (χ2v) is 6.12. The highest BCUT2D eigenvalue weighted by atomic mass is 14.4. The molecule has 0 N–H and O–H groups in total. The quantitative estimate of drug-likeness (QED) is 0.673. The molecule has 0 amide bonds. The van der Waals surface area contributed by atoms with Crippen LogP contribution in [0.1, 0.15) is 29.9 Å². The van der Waals surface area contributed by atoms with Gasteiger partial charge in [0.15, 0.2) is 0 Å². The zero-order valence-electron chi connectivity index (χ0n) is 12.2. The summed E-state index contributed by atoms with van der Waals surface area (Å²) in [5, 5.41) is 0. The smallest absolute Gasteiger partial charge is 0.0129 e. The van der Waals surface area contributed by atoms with Gasteiger partial charge in [-0.2, -0.15) is 0 Å². The Kier molecular flexibility index (Phi) is 3.23. The SMILES string of the molecule is C1=CCC(C2=Cc3ccccc3C2C2C=CC=CC2)C=C1. The number of allylic oxidation sites excluding steroid dienone is 9. The van der Waals surface area contributed by atoms with Gasteiger partial charge in [0.1, 0.15) is 0 Å². The first kappa shape index (κ1) is 12.6. The summed E-state index contributed by atoms with van der Waals surface area (Å²) >= 11 is 0. The molecule has 0 radical (unpaired) electrons. The molecule has 0 aromatic heterocycles. The fourth-order valence-electron chi connectivity index (χ4n) is 3.86. The lowest BCUT2D eigenvalue weighted by Crippen LogP contribution is -2.16. The normalized spacial score (nSPS) is 29.5. The number of hydrogen-bond acceptors (Lipinski definition) is 0. The molecule has 3 aliphatic rings. The first-order valence-electron chi connectivity index (χ1n) is 7.90. The van der Waals surface area contributed by atoms with Crippen molar-refractivity contribution in [2.45, 2.75) is 18.8 Å². The number of rotatable bonds is 2. The highest BCUT2D eigenvalue weighted by Gasteiger charge is 2.33. The van der Waals surface area contributed by atoms with Crippen LogP contribution in [0.3, 0.4) is 0 Å². The Labute approximate surface area is 126 Å². The van der Waals surface area contributed by atoms with E-state index in [2.05, 4.69) is 78.9 Å². The van der Waals surface area contributed by atoms with E-state index in [4.69, 9.17) is 0 Å². The van der Waals surface area contributed by atoms with Gasteiger partial charge in [-0.05, 0) is 29.9 Å². The van der Waals surface area contributed by atoms with Crippen molar-refractivity contribution in [1.82, 2.24) is 0 Å². The van der Waals surface area contributed by atoms with E-state index >= 15 is 0 Å². The molecule has 0 saturated heterocycles. The Morgan fingerprint density at radius 2 is 1.62 bits per heavy atom. The number of fused-ring (bicyclic) bond motifs is 1. The molecule has 3 aliphatic carbocycles. The Balaban J connectivity index is 1.74. The van der Waals surface area contributed by atoms with Crippen LogP contribution in [-0.4, -0.2) is 0 Å². The summed E-state index contributed by atoms with van der Waals surface area (Å²) in [7, 11) is 0. The minimum atomic E-state index is 0.545. The standard InChI is InChI=1S/C21H20/c1-3-9-16(10-4-1)20-15-18-13-7-8-14-19(18)21(20)17-11-5-2-6-12-17/h1-9,11,13-17,21H,10,12H2. The van der Waals surface area contributed by atoms with Gasteiger partial charge in [-0.25, -0.2) is 0 Å². The average Bonchev–Trinajstić information content (AvgIpc) is 2.96. The predicted molar refractivity (Wildman–Crippen MR) is 89.9 cm³/mol. The molecule has 3 atom stereocenters. The molecule has 3 unspecified atom stereocenters. The maximum absolute atomic E-state index is 2.44. The average molecular weight is 272 g/mol. The lowest BCUT2D eigenvalue weighted by atomic mass is 9.75. The van der Waals surface area contributed by atoms with E-state index < -0.39 is 0 Å². The van der Waals surface area contributed by atoms with Crippen LogP contribution in [0.25, 0.3) is 6.08 Å². The van der Waals surface area contributed by atoms with E-state index in [0.29, 0.717) is 17.8 Å². The molecule has 0 fully saturated rings. The van der Waals surface area contributed by atoms with Crippen molar-refractivity contribution < 1.29 is 0 Å². The van der Waals surface area contributed by atoms with Crippen molar-refractivity contribution in [3.63, 3.8) is 0 Å². The maximum Gasteiger partial charge on any atom is 0.0129 e. The van der Waals surface area contributed by atoms with Crippen molar-refractivity contribution in [2.24, 2.45) is 11.8 Å². The van der Waals surface area contributed by atoms with Gasteiger partial charge in [0.2, 0.25) is 0 Å². The fourth-order valence-corrected chi connectivity index (χ4v) is 3.86. The third-order valence-corrected chi connectivity index (χ3v) is 4.86. The fraction of sp³-hybridized carbons (Fsp3) is 0.238. The van der Waals surface area contributed by atoms with Crippen molar-refractivity contribution in [1.29, 1.82) is 0 Å². The molecule has 0 aliphatic heterocycles. The lowest BCUT2D eigenvalue weighted by Gasteiger charge is -2.29. The van der Waals surface area contributed by atoms with Crippen LogP contribution >= 0.6 is 0 Å². The molecule has 0 bridgehead atoms. The Bertz CT molecular complexity index is 682. The van der Waals surface area contributed by atoms with E-state index in [-0.39, 0.29) is 0 Å². The molecule has 1 aromatic rings. The number of benzene rings is 1. The Morgan fingerprint density at radius 3 is 2.38 bits per heavy atom. The molecular formula is C21H20. The van der Waals surface area contributed by atoms with Crippen LogP contribution < -0.4 is 0 Å². The summed E-state index contributed by atoms with van der Waals surface area (Å²) in [5.74, 6) is 1.71. The van der Waals surface area contributed by atoms with Crippen molar-refractivity contribution in [2.75, 3.05) is 0 Å². The van der Waals surface area contributed by atoms with Gasteiger partial charge in [-0.15, -0.1) is 0 Å². The Hall–Kier alpha value is -2.08. The van der Waals surface area contributed by atoms with E-state index in [1.165, 1.54) is 11.1 Å². The summed E-state index contributed by atoms with van der Waals surface area (Å²) in [6.07, 6.45) is 22.8. The summed E-state index contributed by atoms with van der Waals surface area (Å²) in [6, 6.07) is 8.92. The minimum absolute atomic E-state index is 0.545. The van der Waals surface area contributed by atoms with Crippen LogP contribution in [0.4, 0.5) is 0 Å². The van der Waals surface area contributed by atoms with Crippen LogP contribution in [0.2, 0.25) is 0 Å². The summed E-state index contributed by atoms with van der Waals surface area (Å²) < 4.78 is 0. The molecule has 4 rings (SSSR count). The van der Waals surface area contributed by atoms with Crippen LogP contribution in [-0.2, 0) is 0 Å². The predicted octanol–water partition coefficient (Wildman–Crippen LogP) is 5.43. The van der Waals surface area contributed by atoms with Crippen LogP contribution in [0.15, 0.2) is 78.4 Å². The molecule has 0 heteroatoms. The van der Waals surface area contributed by atoms with Gasteiger partial charge in [-0.1, -0.05) is 84.5 Å². The van der Waals surface area contributed by atoms with Crippen LogP contribution in [0.5, 0.6) is 0 Å². The van der Waals surface area contributed by atoms with Gasteiger partial charge in [0.05, 0.1) is 0 Å². The molecule has 0 nitrogen and oxygen atoms in total. The van der Waals surface area contributed by atoms with E-state index in [9.17, 15) is 0 Å². The third kappa shape index (κ3) is 2.25. The second-order valence-electron chi connectivity index (χ2n) is 6.12. The monoisotopic (exact) mass is 272 g/mol. The van der Waals surface area contributed by atoms with Gasteiger partial charge in [0.25, 0.3) is 0 Å². The first-order valence-corrected chi connectivity index (χ1v) is 7.90. The molecule has 1 aromatic carbocycles. The van der Waals surface area contributed by atoms with E-state index in [1.807, 2.05) is 0 Å². The molecule has 104 valence electrons. The molecular weight excluding hydrogens is 252 g/mol. The second kappa shape index (κ2) is 5.37. The topological polar surface area (TPSA) is 0 Å². The summed E-state index contributed by atoms with van der Waals surface area (Å²) in [5.41, 5.74) is 4.53. The van der Waals surface area contributed by atoms with Gasteiger partial charge < -0.3 is 0 Å². The summed E-state index contributed by atoms with van der Waals surface area (Å²) in [6.45, 7) is 0. The third-order valence-electron chi connectivity index (χ3n) is 4.86. The molecule has 21 heavy (non-hydrogen) atoms. The zero-order chi connectivity index (χ0) is 14.1. The number of hydrogen-bond donors (Lipinski definition) is 0. The van der Waals surface area contributed by atoms with Gasteiger partial charge >= 0.3 is 0 Å². The minimum Gasteiger partial charge on any atom is -0.0839 e. The summed E-state index contributed by atoms with van der Waals surface area (Å²) in [4.78, 5) is 0. The highest BCUT2D eigenvalue weighted by molar-refractivity contribution is 5.68. The van der Waals surface area contributed by atoms with Crippen LogP contribution in [0, 0.1) is 11.8 Å². The largest absolute Gasteiger partial charge is 0.0839 e.